The number of nitrogens with zero attached hydrogens (tertiary/aromatic N) is 1. The van der Waals surface area contributed by atoms with Gasteiger partial charge in [-0.2, -0.15) is 12.7 Å². The van der Waals surface area contributed by atoms with Crippen molar-refractivity contribution in [2.75, 3.05) is 19.6 Å². The lowest BCUT2D eigenvalue weighted by Gasteiger charge is -2.22. The summed E-state index contributed by atoms with van der Waals surface area (Å²) in [4.78, 5) is 0. The fourth-order valence-corrected chi connectivity index (χ4v) is 2.84. The highest BCUT2D eigenvalue weighted by atomic mass is 32.2. The molecule has 1 aliphatic carbocycles. The van der Waals surface area contributed by atoms with Gasteiger partial charge in [0.2, 0.25) is 0 Å². The summed E-state index contributed by atoms with van der Waals surface area (Å²) >= 11 is 0. The predicted molar refractivity (Wildman–Crippen MR) is 58.4 cm³/mol. The Labute approximate surface area is 91.2 Å². The van der Waals surface area contributed by atoms with Crippen LogP contribution in [0.3, 0.4) is 0 Å². The van der Waals surface area contributed by atoms with Crippen LogP contribution in [0.15, 0.2) is 0 Å². The first-order chi connectivity index (χ1) is 7.05. The van der Waals surface area contributed by atoms with Crippen LogP contribution in [0.25, 0.3) is 0 Å². The van der Waals surface area contributed by atoms with Gasteiger partial charge in [-0.1, -0.05) is 0 Å². The number of nitrogens with two attached hydrogens (primary N) is 1. The van der Waals surface area contributed by atoms with E-state index in [1.165, 1.54) is 4.31 Å². The standard InChI is InChI=1S/C9H19N3O2S/c10-15(13,14)12(6-8-3-4-8)7-9-2-1-5-11-9/h8-9,11H,1-7H2,(H2,10,13,14). The molecule has 0 spiro atoms. The zero-order valence-electron chi connectivity index (χ0n) is 8.85. The van der Waals surface area contributed by atoms with Crippen LogP contribution >= 0.6 is 0 Å². The maximum Gasteiger partial charge on any atom is 0.276 e. The zero-order valence-corrected chi connectivity index (χ0v) is 9.67. The van der Waals surface area contributed by atoms with E-state index in [1.54, 1.807) is 0 Å². The highest BCUT2D eigenvalue weighted by Gasteiger charge is 2.30. The Balaban J connectivity index is 1.91. The Bertz CT molecular complexity index is 307. The van der Waals surface area contributed by atoms with E-state index in [9.17, 15) is 8.42 Å². The molecule has 2 fully saturated rings. The summed E-state index contributed by atoms with van der Waals surface area (Å²) in [7, 11) is -3.51. The molecule has 0 bridgehead atoms. The second kappa shape index (κ2) is 4.37. The molecule has 0 amide bonds. The van der Waals surface area contributed by atoms with E-state index in [-0.39, 0.29) is 0 Å². The fourth-order valence-electron chi connectivity index (χ4n) is 2.03. The van der Waals surface area contributed by atoms with Crippen LogP contribution in [0.2, 0.25) is 0 Å². The highest BCUT2D eigenvalue weighted by molar-refractivity contribution is 7.86. The fraction of sp³-hybridized carbons (Fsp3) is 1.00. The monoisotopic (exact) mass is 233 g/mol. The van der Waals surface area contributed by atoms with E-state index in [4.69, 9.17) is 5.14 Å². The van der Waals surface area contributed by atoms with Gasteiger partial charge in [0.1, 0.15) is 0 Å². The van der Waals surface area contributed by atoms with E-state index >= 15 is 0 Å². The molecule has 1 saturated carbocycles. The van der Waals surface area contributed by atoms with Crippen molar-refractivity contribution in [3.63, 3.8) is 0 Å². The smallest absolute Gasteiger partial charge is 0.276 e. The lowest BCUT2D eigenvalue weighted by Crippen LogP contribution is -2.45. The van der Waals surface area contributed by atoms with Gasteiger partial charge in [0.25, 0.3) is 10.2 Å². The molecule has 88 valence electrons. The van der Waals surface area contributed by atoms with E-state index < -0.39 is 10.2 Å². The molecule has 1 atom stereocenters. The van der Waals surface area contributed by atoms with Crippen LogP contribution in [0.4, 0.5) is 0 Å². The summed E-state index contributed by atoms with van der Waals surface area (Å²) in [5.41, 5.74) is 0. The number of nitrogens with one attached hydrogen (secondary N) is 1. The molecular weight excluding hydrogens is 214 g/mol. The van der Waals surface area contributed by atoms with Crippen molar-refractivity contribution in [3.8, 4) is 0 Å². The first kappa shape index (κ1) is 11.3. The van der Waals surface area contributed by atoms with Gasteiger partial charge in [0.05, 0.1) is 0 Å². The number of hydrogen-bond donors (Lipinski definition) is 2. The summed E-state index contributed by atoms with van der Waals surface area (Å²) in [6.07, 6.45) is 4.47. The summed E-state index contributed by atoms with van der Waals surface area (Å²) < 4.78 is 24.2. The Morgan fingerprint density at radius 1 is 1.27 bits per heavy atom. The minimum absolute atomic E-state index is 0.294. The Morgan fingerprint density at radius 2 is 2.00 bits per heavy atom. The summed E-state index contributed by atoms with van der Waals surface area (Å²) in [5.74, 6) is 0.546. The van der Waals surface area contributed by atoms with Crippen molar-refractivity contribution in [2.24, 2.45) is 11.1 Å². The SMILES string of the molecule is NS(=O)(=O)N(CC1CC1)CC1CCCN1. The topological polar surface area (TPSA) is 75.4 Å². The minimum Gasteiger partial charge on any atom is -0.313 e. The van der Waals surface area contributed by atoms with Gasteiger partial charge in [-0.3, -0.25) is 0 Å². The van der Waals surface area contributed by atoms with Crippen LogP contribution in [-0.2, 0) is 10.2 Å². The third kappa shape index (κ3) is 3.41. The average molecular weight is 233 g/mol. The quantitative estimate of drug-likeness (QED) is 0.682. The molecule has 15 heavy (non-hydrogen) atoms. The largest absolute Gasteiger partial charge is 0.313 e. The summed E-state index contributed by atoms with van der Waals surface area (Å²) in [6, 6.07) is 0.294. The Morgan fingerprint density at radius 3 is 2.47 bits per heavy atom. The third-order valence-electron chi connectivity index (χ3n) is 3.11. The van der Waals surface area contributed by atoms with Crippen LogP contribution in [0.1, 0.15) is 25.7 Å². The first-order valence-corrected chi connectivity index (χ1v) is 7.07. The van der Waals surface area contributed by atoms with E-state index in [1.807, 2.05) is 0 Å². The number of hydrogen-bond acceptors (Lipinski definition) is 3. The molecule has 1 saturated heterocycles. The molecule has 0 aromatic rings. The van der Waals surface area contributed by atoms with Crippen LogP contribution in [0, 0.1) is 5.92 Å². The van der Waals surface area contributed by atoms with Gasteiger partial charge in [0, 0.05) is 19.1 Å². The molecule has 2 aliphatic rings. The molecule has 3 N–H and O–H groups in total. The van der Waals surface area contributed by atoms with Gasteiger partial charge in [-0.15, -0.1) is 0 Å². The maximum absolute atomic E-state index is 11.4. The highest BCUT2D eigenvalue weighted by Crippen LogP contribution is 2.30. The van der Waals surface area contributed by atoms with Crippen molar-refractivity contribution >= 4 is 10.2 Å². The predicted octanol–water partition coefficient (Wildman–Crippen LogP) is -0.346. The minimum atomic E-state index is -3.51. The van der Waals surface area contributed by atoms with Gasteiger partial charge < -0.3 is 5.32 Å². The van der Waals surface area contributed by atoms with Crippen LogP contribution in [0.5, 0.6) is 0 Å². The van der Waals surface area contributed by atoms with Crippen molar-refractivity contribution in [3.05, 3.63) is 0 Å². The lowest BCUT2D eigenvalue weighted by atomic mass is 10.2. The summed E-state index contributed by atoms with van der Waals surface area (Å²) in [5, 5.41) is 8.50. The van der Waals surface area contributed by atoms with Gasteiger partial charge in [-0.05, 0) is 38.1 Å². The second-order valence-corrected chi connectivity index (χ2v) is 6.14. The Hall–Kier alpha value is -0.170. The van der Waals surface area contributed by atoms with Gasteiger partial charge in [-0.25, -0.2) is 5.14 Å². The van der Waals surface area contributed by atoms with E-state index in [0.717, 1.165) is 32.2 Å². The molecule has 6 heteroatoms. The number of rotatable bonds is 5. The summed E-state index contributed by atoms with van der Waals surface area (Å²) in [6.45, 7) is 2.14. The van der Waals surface area contributed by atoms with E-state index in [0.29, 0.717) is 25.0 Å². The van der Waals surface area contributed by atoms with Gasteiger partial charge >= 0.3 is 0 Å². The molecule has 0 aromatic heterocycles. The van der Waals surface area contributed by atoms with Crippen LogP contribution < -0.4 is 10.5 Å². The molecule has 1 aliphatic heterocycles. The van der Waals surface area contributed by atoms with Crippen LogP contribution in [-0.4, -0.2) is 38.4 Å². The van der Waals surface area contributed by atoms with Crippen molar-refractivity contribution in [1.29, 1.82) is 0 Å². The first-order valence-electron chi connectivity index (χ1n) is 5.57. The average Bonchev–Trinajstić information content (AvgIpc) is 2.78. The molecule has 0 aromatic carbocycles. The second-order valence-electron chi connectivity index (χ2n) is 4.60. The maximum atomic E-state index is 11.4. The normalized spacial score (nSPS) is 27.5. The van der Waals surface area contributed by atoms with Gasteiger partial charge in [0.15, 0.2) is 0 Å². The molecule has 1 unspecified atom stereocenters. The van der Waals surface area contributed by atoms with E-state index in [2.05, 4.69) is 5.32 Å². The van der Waals surface area contributed by atoms with Crippen molar-refractivity contribution in [1.82, 2.24) is 9.62 Å². The zero-order chi connectivity index (χ0) is 10.9. The molecule has 5 nitrogen and oxygen atoms in total. The third-order valence-corrected chi connectivity index (χ3v) is 4.12. The van der Waals surface area contributed by atoms with Crippen molar-refractivity contribution < 1.29 is 8.42 Å². The molecule has 2 rings (SSSR count). The van der Waals surface area contributed by atoms with Crippen molar-refractivity contribution in [2.45, 2.75) is 31.7 Å². The Kier molecular flexibility index (Phi) is 3.30. The molecular formula is C9H19N3O2S. The lowest BCUT2D eigenvalue weighted by molar-refractivity contribution is 0.359. The molecule has 1 heterocycles. The molecule has 0 radical (unpaired) electrons.